The molecule has 326 valence electrons. The number of aromatic nitrogens is 2. The number of nitrogens with zero attached hydrogens (tertiary/aromatic N) is 2. The van der Waals surface area contributed by atoms with E-state index in [2.05, 4.69) is 0 Å². The summed E-state index contributed by atoms with van der Waals surface area (Å²) in [6.45, 7) is 11.2. The fourth-order valence-electron chi connectivity index (χ4n) is 6.81. The highest BCUT2D eigenvalue weighted by Gasteiger charge is 2.27. The molecule has 4 aromatic carbocycles. The molecule has 2 heterocycles. The second kappa shape index (κ2) is 20.3. The van der Waals surface area contributed by atoms with Crippen molar-refractivity contribution in [1.82, 2.24) is 9.13 Å². The molecule has 0 unspecified atom stereocenters. The Hall–Kier alpha value is -6.89. The topological polar surface area (TPSA) is 141 Å². The van der Waals surface area contributed by atoms with Crippen molar-refractivity contribution in [3.8, 4) is 5.75 Å². The fourth-order valence-corrected chi connectivity index (χ4v) is 6.81. The number of carbonyl (C=O) groups excluding carboxylic acids is 5. The molecule has 0 saturated carbocycles. The van der Waals surface area contributed by atoms with E-state index in [0.717, 1.165) is 11.1 Å². The van der Waals surface area contributed by atoms with Gasteiger partial charge in [-0.1, -0.05) is 84.9 Å². The second-order valence-corrected chi connectivity index (χ2v) is 17.0. The van der Waals surface area contributed by atoms with E-state index in [9.17, 15) is 24.0 Å². The zero-order valence-electron chi connectivity index (χ0n) is 36.4. The standard InChI is InChI=1S/C51H52N2O10/c1-50(2,3)62-47(56)39-21-13-19-37(23-39)25-52-27-41(42(44(52)29-54)33-59-31-35-15-9-7-10-16-35)49(58)61-46-28-53(26-38-20-14-22-40(24-38)48(57)63-51(4,5)6)45(30-55)43(46)34-60-32-36-17-11-8-12-18-36/h7-24,27-30H,25-26,31-34H2,1-6H3. The third-order valence-electron chi connectivity index (χ3n) is 9.61. The molecule has 0 saturated heterocycles. The quantitative estimate of drug-likeness (QED) is 0.0606. The van der Waals surface area contributed by atoms with Gasteiger partial charge in [0.1, 0.15) is 11.2 Å². The number of carbonyl (C=O) groups is 5. The molecule has 0 spiro atoms. The van der Waals surface area contributed by atoms with Crippen LogP contribution in [0.15, 0.2) is 122 Å². The van der Waals surface area contributed by atoms with Crippen LogP contribution >= 0.6 is 0 Å². The average Bonchev–Trinajstić information content (AvgIpc) is 3.75. The van der Waals surface area contributed by atoms with E-state index in [1.165, 1.54) is 6.20 Å². The normalized spacial score (nSPS) is 11.5. The SMILES string of the molecule is CC(C)(C)OC(=O)c1cccc(Cn2cc(OC(=O)c3cn(Cc4cccc(C(=O)OC(C)(C)C)c4)c(C=O)c3COCc3ccccc3)c(COCc3ccccc3)c2C=O)c1. The van der Waals surface area contributed by atoms with Crippen molar-refractivity contribution in [1.29, 1.82) is 0 Å². The first-order chi connectivity index (χ1) is 30.1. The maximum absolute atomic E-state index is 14.5. The molecule has 12 heteroatoms. The van der Waals surface area contributed by atoms with Crippen LogP contribution in [0.1, 0.15) is 127 Å². The second-order valence-electron chi connectivity index (χ2n) is 17.0. The molecule has 0 atom stereocenters. The smallest absolute Gasteiger partial charge is 0.345 e. The van der Waals surface area contributed by atoms with Gasteiger partial charge in [0.15, 0.2) is 18.3 Å². The molecule has 0 aliphatic carbocycles. The summed E-state index contributed by atoms with van der Waals surface area (Å²) in [5.74, 6) is -1.71. The minimum Gasteiger partial charge on any atom is -0.456 e. The van der Waals surface area contributed by atoms with Crippen LogP contribution in [0.2, 0.25) is 0 Å². The minimum atomic E-state index is -0.802. The molecule has 2 aromatic heterocycles. The first kappa shape index (κ1) is 45.6. The van der Waals surface area contributed by atoms with Crippen molar-refractivity contribution in [2.24, 2.45) is 0 Å². The summed E-state index contributed by atoms with van der Waals surface area (Å²) in [7, 11) is 0. The summed E-state index contributed by atoms with van der Waals surface area (Å²) in [4.78, 5) is 66.1. The third kappa shape index (κ3) is 12.6. The van der Waals surface area contributed by atoms with E-state index in [4.69, 9.17) is 23.7 Å². The Labute approximate surface area is 367 Å². The van der Waals surface area contributed by atoms with Gasteiger partial charge < -0.3 is 32.8 Å². The zero-order valence-corrected chi connectivity index (χ0v) is 36.4. The molecule has 6 aromatic rings. The van der Waals surface area contributed by atoms with E-state index >= 15 is 0 Å². The highest BCUT2D eigenvalue weighted by Crippen LogP contribution is 2.30. The number of aldehydes is 2. The molecule has 0 radical (unpaired) electrons. The first-order valence-electron chi connectivity index (χ1n) is 20.5. The fraction of sp³-hybridized carbons (Fsp3) is 0.275. The molecule has 63 heavy (non-hydrogen) atoms. The number of rotatable bonds is 18. The van der Waals surface area contributed by atoms with Crippen LogP contribution in [0, 0.1) is 0 Å². The van der Waals surface area contributed by atoms with Gasteiger partial charge in [-0.2, -0.15) is 0 Å². The van der Waals surface area contributed by atoms with Gasteiger partial charge in [-0.15, -0.1) is 0 Å². The molecule has 0 aliphatic heterocycles. The Morgan fingerprint density at radius 3 is 1.40 bits per heavy atom. The Bertz CT molecular complexity index is 2560. The van der Waals surface area contributed by atoms with Crippen molar-refractivity contribution < 1.29 is 47.7 Å². The van der Waals surface area contributed by atoms with Crippen LogP contribution in [0.4, 0.5) is 0 Å². The van der Waals surface area contributed by atoms with E-state index in [0.29, 0.717) is 46.0 Å². The van der Waals surface area contributed by atoms with Gasteiger partial charge in [0.2, 0.25) is 0 Å². The van der Waals surface area contributed by atoms with Crippen LogP contribution in [-0.2, 0) is 58.5 Å². The molecule has 12 nitrogen and oxygen atoms in total. The molecule has 0 N–H and O–H groups in total. The average molecular weight is 853 g/mol. The zero-order chi connectivity index (χ0) is 45.1. The lowest BCUT2D eigenvalue weighted by Gasteiger charge is -2.19. The minimum absolute atomic E-state index is 0.0649. The predicted molar refractivity (Wildman–Crippen MR) is 236 cm³/mol. The molecule has 0 bridgehead atoms. The summed E-state index contributed by atoms with van der Waals surface area (Å²) in [5.41, 5.74) is 3.52. The summed E-state index contributed by atoms with van der Waals surface area (Å²) >= 11 is 0. The van der Waals surface area contributed by atoms with Gasteiger partial charge in [0, 0.05) is 36.6 Å². The van der Waals surface area contributed by atoms with Crippen LogP contribution in [0.5, 0.6) is 5.75 Å². The Balaban J connectivity index is 1.35. The van der Waals surface area contributed by atoms with Crippen LogP contribution < -0.4 is 4.74 Å². The number of hydrogen-bond donors (Lipinski definition) is 0. The summed E-state index contributed by atoms with van der Waals surface area (Å²) in [6.07, 6.45) is 4.41. The van der Waals surface area contributed by atoms with Gasteiger partial charge in [-0.05, 0) is 88.1 Å². The number of benzene rings is 4. The maximum Gasteiger partial charge on any atom is 0.345 e. The van der Waals surface area contributed by atoms with Gasteiger partial charge >= 0.3 is 17.9 Å². The van der Waals surface area contributed by atoms with Crippen molar-refractivity contribution in [3.05, 3.63) is 183 Å². The van der Waals surface area contributed by atoms with Crippen LogP contribution in [0.3, 0.4) is 0 Å². The van der Waals surface area contributed by atoms with E-state index in [1.807, 2.05) is 66.7 Å². The van der Waals surface area contributed by atoms with E-state index < -0.39 is 29.1 Å². The lowest BCUT2D eigenvalue weighted by atomic mass is 10.1. The summed E-state index contributed by atoms with van der Waals surface area (Å²) < 4.78 is 32.7. The summed E-state index contributed by atoms with van der Waals surface area (Å²) in [5, 5.41) is 0. The van der Waals surface area contributed by atoms with Gasteiger partial charge in [-0.3, -0.25) is 9.59 Å². The van der Waals surface area contributed by atoms with Gasteiger partial charge in [-0.25, -0.2) is 14.4 Å². The third-order valence-corrected chi connectivity index (χ3v) is 9.61. The summed E-state index contributed by atoms with van der Waals surface area (Å²) in [6, 6.07) is 32.7. The van der Waals surface area contributed by atoms with Crippen molar-refractivity contribution in [2.75, 3.05) is 0 Å². The predicted octanol–water partition coefficient (Wildman–Crippen LogP) is 9.57. The molecule has 0 fully saturated rings. The molecule has 0 aliphatic rings. The highest BCUT2D eigenvalue weighted by molar-refractivity contribution is 5.96. The number of hydrogen-bond acceptors (Lipinski definition) is 10. The number of ether oxygens (including phenoxy) is 5. The van der Waals surface area contributed by atoms with Gasteiger partial charge in [0.05, 0.1) is 54.5 Å². The van der Waals surface area contributed by atoms with Crippen LogP contribution in [0.25, 0.3) is 0 Å². The van der Waals surface area contributed by atoms with Crippen molar-refractivity contribution >= 4 is 30.5 Å². The van der Waals surface area contributed by atoms with Gasteiger partial charge in [0.25, 0.3) is 0 Å². The van der Waals surface area contributed by atoms with E-state index in [1.54, 1.807) is 99.3 Å². The largest absolute Gasteiger partial charge is 0.456 e. The van der Waals surface area contributed by atoms with Crippen molar-refractivity contribution in [2.45, 2.75) is 92.3 Å². The van der Waals surface area contributed by atoms with Crippen LogP contribution in [-0.4, -0.2) is 50.8 Å². The van der Waals surface area contributed by atoms with E-state index in [-0.39, 0.29) is 62.2 Å². The molecular weight excluding hydrogens is 801 g/mol. The monoisotopic (exact) mass is 852 g/mol. The van der Waals surface area contributed by atoms with Crippen molar-refractivity contribution in [3.63, 3.8) is 0 Å². The Morgan fingerprint density at radius 2 is 0.937 bits per heavy atom. The molecule has 0 amide bonds. The highest BCUT2D eigenvalue weighted by atomic mass is 16.6. The molecular formula is C51H52N2O10. The Morgan fingerprint density at radius 1 is 0.508 bits per heavy atom. The number of esters is 3. The molecule has 6 rings (SSSR count). The maximum atomic E-state index is 14.5. The first-order valence-corrected chi connectivity index (χ1v) is 20.5. The Kier molecular flexibility index (Phi) is 14.7. The lowest BCUT2D eigenvalue weighted by Crippen LogP contribution is -2.24. The lowest BCUT2D eigenvalue weighted by molar-refractivity contribution is 0.00569.